The molecule has 1 aromatic rings. The fourth-order valence-corrected chi connectivity index (χ4v) is 3.37. The van der Waals surface area contributed by atoms with Crippen LogP contribution in [0.1, 0.15) is 51.0 Å². The molecule has 8 heteroatoms. The molecule has 0 aromatic heterocycles. The summed E-state index contributed by atoms with van der Waals surface area (Å²) in [7, 11) is 0. The fraction of sp³-hybridized carbons (Fsp3) is 0.440. The second-order valence-corrected chi connectivity index (χ2v) is 7.71. The maximum atomic E-state index is 12.8. The van der Waals surface area contributed by atoms with Gasteiger partial charge < -0.3 is 15.2 Å². The zero-order chi connectivity index (χ0) is 24.3. The molecule has 2 N–H and O–H groups in total. The van der Waals surface area contributed by atoms with Crippen molar-refractivity contribution in [1.82, 2.24) is 5.32 Å². The SMILES string of the molecule is CCNC(=O)CCCC=CCC1=C(C=C[C@@H](O)COc2cccc(C(F)(F)F)c2)CCC1=O. The molecule has 1 aromatic carbocycles. The van der Waals surface area contributed by atoms with Gasteiger partial charge in [-0.3, -0.25) is 9.59 Å². The number of nitrogens with one attached hydrogen (secondary N) is 1. The summed E-state index contributed by atoms with van der Waals surface area (Å²) in [5.74, 6) is 0.115. The molecule has 0 fully saturated rings. The molecule has 0 saturated carbocycles. The molecular formula is C25H30F3NO4. The van der Waals surface area contributed by atoms with Gasteiger partial charge >= 0.3 is 6.18 Å². The van der Waals surface area contributed by atoms with Crippen LogP contribution >= 0.6 is 0 Å². The quantitative estimate of drug-likeness (QED) is 0.340. The molecular weight excluding hydrogens is 435 g/mol. The number of unbranched alkanes of at least 4 members (excludes halogenated alkanes) is 1. The number of halogens is 3. The standard InChI is InChI=1S/C25H30F3NO4/c1-2-29-24(32)11-6-4-3-5-10-22-18(13-15-23(22)31)12-14-20(30)17-33-21-9-7-8-19(16-21)25(26,27)28/h3,5,7-9,12,14,16,20,30H,2,4,6,10-11,13,15,17H2,1H3,(H,29,32)/t20-/m1/s1. The first-order valence-corrected chi connectivity index (χ1v) is 11.0. The second-order valence-electron chi connectivity index (χ2n) is 7.71. The van der Waals surface area contributed by atoms with Gasteiger partial charge in [0.25, 0.3) is 0 Å². The van der Waals surface area contributed by atoms with Gasteiger partial charge in [-0.25, -0.2) is 0 Å². The smallest absolute Gasteiger partial charge is 0.416 e. The molecule has 0 aliphatic heterocycles. The van der Waals surface area contributed by atoms with Crippen molar-refractivity contribution in [2.45, 2.75) is 57.7 Å². The molecule has 0 heterocycles. The summed E-state index contributed by atoms with van der Waals surface area (Å²) >= 11 is 0. The van der Waals surface area contributed by atoms with Crippen LogP contribution in [0.25, 0.3) is 0 Å². The lowest BCUT2D eigenvalue weighted by Crippen LogP contribution is -2.21. The Balaban J connectivity index is 1.85. The van der Waals surface area contributed by atoms with Crippen LogP contribution in [0.5, 0.6) is 5.75 Å². The number of amides is 1. The number of Topliss-reactive ketones (excluding diaryl/α,β-unsaturated/α-hetero) is 1. The summed E-state index contributed by atoms with van der Waals surface area (Å²) in [5, 5.41) is 12.9. The number of benzene rings is 1. The number of alkyl halides is 3. The van der Waals surface area contributed by atoms with Gasteiger partial charge in [0.2, 0.25) is 5.91 Å². The molecule has 1 aliphatic carbocycles. The highest BCUT2D eigenvalue weighted by molar-refractivity contribution is 5.99. The van der Waals surface area contributed by atoms with Gasteiger partial charge in [0.15, 0.2) is 5.78 Å². The van der Waals surface area contributed by atoms with Crippen LogP contribution in [0.15, 0.2) is 59.7 Å². The second kappa shape index (κ2) is 13.0. The largest absolute Gasteiger partial charge is 0.491 e. The van der Waals surface area contributed by atoms with Crippen LogP contribution in [0.4, 0.5) is 13.2 Å². The van der Waals surface area contributed by atoms with Gasteiger partial charge in [-0.1, -0.05) is 30.4 Å². The number of ether oxygens (including phenoxy) is 1. The molecule has 1 aliphatic rings. The summed E-state index contributed by atoms with van der Waals surface area (Å²) in [6.07, 6.45) is 4.96. The number of ketones is 1. The van der Waals surface area contributed by atoms with Gasteiger partial charge in [0.1, 0.15) is 18.5 Å². The number of carbonyl (C=O) groups is 2. The van der Waals surface area contributed by atoms with E-state index in [1.807, 2.05) is 19.1 Å². The van der Waals surface area contributed by atoms with E-state index in [1.165, 1.54) is 18.2 Å². The first-order chi connectivity index (χ1) is 15.7. The fourth-order valence-electron chi connectivity index (χ4n) is 3.37. The maximum Gasteiger partial charge on any atom is 0.416 e. The molecule has 1 atom stereocenters. The van der Waals surface area contributed by atoms with Crippen LogP contribution in [0.3, 0.4) is 0 Å². The third kappa shape index (κ3) is 9.26. The van der Waals surface area contributed by atoms with E-state index in [9.17, 15) is 27.9 Å². The van der Waals surface area contributed by atoms with Crippen LogP contribution < -0.4 is 10.1 Å². The minimum absolute atomic E-state index is 0.0190. The van der Waals surface area contributed by atoms with E-state index < -0.39 is 17.8 Å². The molecule has 0 unspecified atom stereocenters. The minimum atomic E-state index is -4.46. The Bertz CT molecular complexity index is 903. The molecule has 180 valence electrons. The normalized spacial score (nSPS) is 15.6. The summed E-state index contributed by atoms with van der Waals surface area (Å²) < 4.78 is 43.6. The van der Waals surface area contributed by atoms with Crippen molar-refractivity contribution in [3.8, 4) is 5.75 Å². The van der Waals surface area contributed by atoms with Gasteiger partial charge in [0.05, 0.1) is 5.56 Å². The summed E-state index contributed by atoms with van der Waals surface area (Å²) in [6, 6.07) is 4.47. The highest BCUT2D eigenvalue weighted by atomic mass is 19.4. The maximum absolute atomic E-state index is 12.8. The van der Waals surface area contributed by atoms with Crippen molar-refractivity contribution in [2.75, 3.05) is 13.2 Å². The van der Waals surface area contributed by atoms with Gasteiger partial charge in [-0.15, -0.1) is 0 Å². The van der Waals surface area contributed by atoms with Crippen LogP contribution in [-0.2, 0) is 15.8 Å². The van der Waals surface area contributed by atoms with E-state index in [4.69, 9.17) is 4.74 Å². The van der Waals surface area contributed by atoms with Crippen LogP contribution in [-0.4, -0.2) is 36.1 Å². The Morgan fingerprint density at radius 1 is 1.27 bits per heavy atom. The number of allylic oxidation sites excluding steroid dienone is 5. The van der Waals surface area contributed by atoms with Crippen molar-refractivity contribution in [2.24, 2.45) is 0 Å². The van der Waals surface area contributed by atoms with E-state index in [0.29, 0.717) is 37.8 Å². The van der Waals surface area contributed by atoms with Crippen molar-refractivity contribution in [3.05, 3.63) is 65.3 Å². The Hall–Kier alpha value is -2.87. The first kappa shape index (κ1) is 26.4. The van der Waals surface area contributed by atoms with Gasteiger partial charge in [-0.05, 0) is 56.4 Å². The molecule has 0 radical (unpaired) electrons. The van der Waals surface area contributed by atoms with Crippen molar-refractivity contribution >= 4 is 11.7 Å². The number of hydrogen-bond donors (Lipinski definition) is 2. The van der Waals surface area contributed by atoms with Crippen LogP contribution in [0.2, 0.25) is 0 Å². The number of aliphatic hydroxyl groups is 1. The molecule has 1 amide bonds. The van der Waals surface area contributed by atoms with E-state index in [-0.39, 0.29) is 24.0 Å². The number of hydrogen-bond acceptors (Lipinski definition) is 4. The lowest BCUT2D eigenvalue weighted by atomic mass is 10.1. The first-order valence-electron chi connectivity index (χ1n) is 11.0. The number of rotatable bonds is 12. The van der Waals surface area contributed by atoms with E-state index in [2.05, 4.69) is 5.32 Å². The lowest BCUT2D eigenvalue weighted by Gasteiger charge is -2.12. The zero-order valence-electron chi connectivity index (χ0n) is 18.7. The highest BCUT2D eigenvalue weighted by Crippen LogP contribution is 2.31. The Morgan fingerprint density at radius 2 is 2.06 bits per heavy atom. The number of aliphatic hydroxyl groups excluding tert-OH is 1. The molecule has 0 spiro atoms. The average Bonchev–Trinajstić information content (AvgIpc) is 3.12. The third-order valence-electron chi connectivity index (χ3n) is 5.08. The minimum Gasteiger partial charge on any atom is -0.491 e. The predicted molar refractivity (Wildman–Crippen MR) is 120 cm³/mol. The Morgan fingerprint density at radius 3 is 2.79 bits per heavy atom. The predicted octanol–water partition coefficient (Wildman–Crippen LogP) is 4.91. The monoisotopic (exact) mass is 465 g/mol. The van der Waals surface area contributed by atoms with Crippen molar-refractivity contribution in [1.29, 1.82) is 0 Å². The lowest BCUT2D eigenvalue weighted by molar-refractivity contribution is -0.137. The van der Waals surface area contributed by atoms with E-state index >= 15 is 0 Å². The summed E-state index contributed by atoms with van der Waals surface area (Å²) in [6.45, 7) is 2.28. The van der Waals surface area contributed by atoms with E-state index in [1.54, 1.807) is 6.08 Å². The summed E-state index contributed by atoms with van der Waals surface area (Å²) in [5.41, 5.74) is 0.712. The molecule has 0 bridgehead atoms. The Labute approximate surface area is 192 Å². The highest BCUT2D eigenvalue weighted by Gasteiger charge is 2.30. The van der Waals surface area contributed by atoms with Crippen molar-refractivity contribution in [3.63, 3.8) is 0 Å². The van der Waals surface area contributed by atoms with Gasteiger partial charge in [0, 0.05) is 25.0 Å². The van der Waals surface area contributed by atoms with Gasteiger partial charge in [-0.2, -0.15) is 13.2 Å². The molecule has 2 rings (SSSR count). The molecule has 5 nitrogen and oxygen atoms in total. The topological polar surface area (TPSA) is 75.6 Å². The third-order valence-corrected chi connectivity index (χ3v) is 5.08. The zero-order valence-corrected chi connectivity index (χ0v) is 18.7. The van der Waals surface area contributed by atoms with E-state index in [0.717, 1.165) is 30.5 Å². The average molecular weight is 466 g/mol. The van der Waals surface area contributed by atoms with Crippen molar-refractivity contribution < 1.29 is 32.6 Å². The Kier molecular flexibility index (Phi) is 10.4. The number of carbonyl (C=O) groups excluding carboxylic acids is 2. The molecule has 0 saturated heterocycles. The van der Waals surface area contributed by atoms with Crippen LogP contribution in [0, 0.1) is 0 Å². The molecule has 33 heavy (non-hydrogen) atoms. The summed E-state index contributed by atoms with van der Waals surface area (Å²) in [4.78, 5) is 23.6.